The van der Waals surface area contributed by atoms with Gasteiger partial charge in [0.25, 0.3) is 5.91 Å². The van der Waals surface area contributed by atoms with Crippen molar-refractivity contribution in [2.45, 2.75) is 44.6 Å². The first-order valence-electron chi connectivity index (χ1n) is 11.7. The van der Waals surface area contributed by atoms with Gasteiger partial charge >= 0.3 is 5.63 Å². The molecule has 5 rings (SSSR count). The molecule has 2 aliphatic rings. The summed E-state index contributed by atoms with van der Waals surface area (Å²) in [6.07, 6.45) is 4.60. The minimum atomic E-state index is -0.612. The molecule has 0 radical (unpaired) electrons. The first kappa shape index (κ1) is 21.7. The van der Waals surface area contributed by atoms with Crippen LogP contribution in [-0.2, 0) is 4.79 Å². The van der Waals surface area contributed by atoms with Crippen LogP contribution in [-0.4, -0.2) is 41.2 Å². The zero-order valence-corrected chi connectivity index (χ0v) is 18.9. The second kappa shape index (κ2) is 8.67. The number of ether oxygens (including phenoxy) is 1. The normalized spacial score (nSPS) is 22.7. The van der Waals surface area contributed by atoms with Crippen LogP contribution in [0.3, 0.4) is 0 Å². The maximum absolute atomic E-state index is 12.9. The molecule has 33 heavy (non-hydrogen) atoms. The van der Waals surface area contributed by atoms with E-state index in [2.05, 4.69) is 0 Å². The van der Waals surface area contributed by atoms with Gasteiger partial charge in [-0.1, -0.05) is 43.2 Å². The first-order valence-corrected chi connectivity index (χ1v) is 11.7. The minimum absolute atomic E-state index is 0.0818. The molecule has 3 aromatic rings. The third kappa shape index (κ3) is 4.15. The number of benzene rings is 2. The zero-order chi connectivity index (χ0) is 23.0. The lowest BCUT2D eigenvalue weighted by Crippen LogP contribution is -2.55. The van der Waals surface area contributed by atoms with Crippen LogP contribution in [0.15, 0.2) is 57.7 Å². The van der Waals surface area contributed by atoms with Crippen molar-refractivity contribution < 1.29 is 19.1 Å². The third-order valence-corrected chi connectivity index (χ3v) is 7.33. The second-order valence-corrected chi connectivity index (χ2v) is 9.34. The summed E-state index contributed by atoms with van der Waals surface area (Å²) in [7, 11) is 0. The smallest absolute Gasteiger partial charge is 0.336 e. The molecule has 0 spiro atoms. The Balaban J connectivity index is 1.34. The highest BCUT2D eigenvalue weighted by Crippen LogP contribution is 2.40. The summed E-state index contributed by atoms with van der Waals surface area (Å²) < 4.78 is 11.4. The molecule has 1 saturated heterocycles. The Labute approximate surface area is 192 Å². The molecule has 2 fully saturated rings. The number of hydrogen-bond donors (Lipinski definition) is 1. The Hall–Kier alpha value is -3.12. The summed E-state index contributed by atoms with van der Waals surface area (Å²) in [5.41, 5.74) is 1.86. The van der Waals surface area contributed by atoms with Gasteiger partial charge in [0.2, 0.25) is 0 Å². The lowest BCUT2D eigenvalue weighted by molar-refractivity contribution is -0.145. The van der Waals surface area contributed by atoms with E-state index in [0.717, 1.165) is 42.2 Å². The van der Waals surface area contributed by atoms with Gasteiger partial charge in [-0.2, -0.15) is 0 Å². The number of piperidine rings is 1. The van der Waals surface area contributed by atoms with E-state index in [1.807, 2.05) is 54.3 Å². The number of hydrogen-bond acceptors (Lipinski definition) is 5. The van der Waals surface area contributed by atoms with Gasteiger partial charge in [0.15, 0.2) is 6.61 Å². The fourth-order valence-corrected chi connectivity index (χ4v) is 5.38. The van der Waals surface area contributed by atoms with E-state index >= 15 is 0 Å². The molecule has 2 heterocycles. The van der Waals surface area contributed by atoms with Gasteiger partial charge in [0, 0.05) is 36.0 Å². The molecule has 0 bridgehead atoms. The standard InChI is InChI=1S/C27H29NO5/c1-18-23(32-17-24(29)28-14-13-27(31)12-6-5-9-20(27)16-28)11-10-21-22(15-25(30)33-26(18)21)19-7-3-2-4-8-19/h2-4,7-8,10-11,15,20,31H,5-6,9,12-14,16-17H2,1H3/t20-,27+/m1/s1. The molecule has 1 saturated carbocycles. The van der Waals surface area contributed by atoms with Crippen LogP contribution in [0.1, 0.15) is 37.7 Å². The molecule has 1 N–H and O–H groups in total. The number of rotatable bonds is 4. The molecule has 1 amide bonds. The fourth-order valence-electron chi connectivity index (χ4n) is 5.38. The number of aliphatic hydroxyl groups is 1. The molecule has 6 heteroatoms. The maximum atomic E-state index is 12.9. The number of nitrogens with zero attached hydrogens (tertiary/aromatic N) is 1. The molecule has 1 aliphatic heterocycles. The van der Waals surface area contributed by atoms with Gasteiger partial charge < -0.3 is 19.2 Å². The topological polar surface area (TPSA) is 80.0 Å². The van der Waals surface area contributed by atoms with E-state index in [9.17, 15) is 14.7 Å². The van der Waals surface area contributed by atoms with Crippen molar-refractivity contribution in [1.29, 1.82) is 0 Å². The van der Waals surface area contributed by atoms with Crippen LogP contribution < -0.4 is 10.4 Å². The van der Waals surface area contributed by atoms with E-state index in [4.69, 9.17) is 9.15 Å². The monoisotopic (exact) mass is 447 g/mol. The van der Waals surface area contributed by atoms with E-state index < -0.39 is 11.2 Å². The zero-order valence-electron chi connectivity index (χ0n) is 18.9. The van der Waals surface area contributed by atoms with Crippen molar-refractivity contribution in [1.82, 2.24) is 4.90 Å². The van der Waals surface area contributed by atoms with Crippen molar-refractivity contribution in [3.63, 3.8) is 0 Å². The van der Waals surface area contributed by atoms with Gasteiger partial charge in [-0.3, -0.25) is 4.79 Å². The van der Waals surface area contributed by atoms with E-state index in [-0.39, 0.29) is 18.4 Å². The van der Waals surface area contributed by atoms with Crippen LogP contribution in [0.2, 0.25) is 0 Å². The molecule has 2 atom stereocenters. The van der Waals surface area contributed by atoms with Gasteiger partial charge in [0.1, 0.15) is 11.3 Å². The van der Waals surface area contributed by atoms with E-state index in [1.54, 1.807) is 0 Å². The van der Waals surface area contributed by atoms with Crippen LogP contribution >= 0.6 is 0 Å². The lowest BCUT2D eigenvalue weighted by Gasteiger charge is -2.47. The molecular weight excluding hydrogens is 418 g/mol. The van der Waals surface area contributed by atoms with Crippen molar-refractivity contribution in [3.8, 4) is 16.9 Å². The molecule has 0 unspecified atom stereocenters. The summed E-state index contributed by atoms with van der Waals surface area (Å²) >= 11 is 0. The summed E-state index contributed by atoms with van der Waals surface area (Å²) in [5.74, 6) is 0.592. The number of fused-ring (bicyclic) bond motifs is 2. The van der Waals surface area contributed by atoms with Gasteiger partial charge in [-0.05, 0) is 49.4 Å². The number of aryl methyl sites for hydroxylation is 1. The highest BCUT2D eigenvalue weighted by atomic mass is 16.5. The van der Waals surface area contributed by atoms with E-state index in [0.29, 0.717) is 36.4 Å². The number of carbonyl (C=O) groups excluding carboxylic acids is 1. The fraction of sp³-hybridized carbons (Fsp3) is 0.407. The Morgan fingerprint density at radius 3 is 2.82 bits per heavy atom. The van der Waals surface area contributed by atoms with Gasteiger partial charge in [-0.25, -0.2) is 4.79 Å². The summed E-state index contributed by atoms with van der Waals surface area (Å²) in [6.45, 7) is 2.90. The average molecular weight is 448 g/mol. The average Bonchev–Trinajstić information content (AvgIpc) is 2.83. The van der Waals surface area contributed by atoms with Crippen molar-refractivity contribution in [3.05, 3.63) is 64.5 Å². The van der Waals surface area contributed by atoms with Gasteiger partial charge in [0.05, 0.1) is 5.60 Å². The lowest BCUT2D eigenvalue weighted by atomic mass is 9.71. The highest BCUT2D eigenvalue weighted by Gasteiger charge is 2.43. The Bertz CT molecular complexity index is 1230. The SMILES string of the molecule is Cc1c(OCC(=O)N2CC[C@@]3(O)CCCC[C@@H]3C2)ccc2c(-c3ccccc3)cc(=O)oc12. The minimum Gasteiger partial charge on any atom is -0.483 e. The van der Waals surface area contributed by atoms with Crippen molar-refractivity contribution in [2.24, 2.45) is 5.92 Å². The van der Waals surface area contributed by atoms with Crippen LogP contribution in [0, 0.1) is 12.8 Å². The second-order valence-electron chi connectivity index (χ2n) is 9.34. The first-order chi connectivity index (χ1) is 15.9. The largest absolute Gasteiger partial charge is 0.483 e. The van der Waals surface area contributed by atoms with Crippen LogP contribution in [0.25, 0.3) is 22.1 Å². The molecule has 172 valence electrons. The van der Waals surface area contributed by atoms with Crippen LogP contribution in [0.4, 0.5) is 0 Å². The predicted octanol–water partition coefficient (Wildman–Crippen LogP) is 4.30. The van der Waals surface area contributed by atoms with Crippen LogP contribution in [0.5, 0.6) is 5.75 Å². The Morgan fingerprint density at radius 1 is 1.18 bits per heavy atom. The molecule has 1 aromatic heterocycles. The van der Waals surface area contributed by atoms with Gasteiger partial charge in [-0.15, -0.1) is 0 Å². The third-order valence-electron chi connectivity index (χ3n) is 7.33. The quantitative estimate of drug-likeness (QED) is 0.603. The predicted molar refractivity (Wildman–Crippen MR) is 126 cm³/mol. The summed E-state index contributed by atoms with van der Waals surface area (Å²) in [6, 6.07) is 14.9. The maximum Gasteiger partial charge on any atom is 0.336 e. The Kier molecular flexibility index (Phi) is 5.71. The number of carbonyl (C=O) groups is 1. The highest BCUT2D eigenvalue weighted by molar-refractivity contribution is 5.95. The van der Waals surface area contributed by atoms with Crippen molar-refractivity contribution in [2.75, 3.05) is 19.7 Å². The summed E-state index contributed by atoms with van der Waals surface area (Å²) in [4.78, 5) is 26.9. The molecular formula is C27H29NO5. The Morgan fingerprint density at radius 2 is 2.00 bits per heavy atom. The van der Waals surface area contributed by atoms with E-state index in [1.165, 1.54) is 6.07 Å². The number of likely N-dealkylation sites (tertiary alicyclic amines) is 1. The van der Waals surface area contributed by atoms with Crippen molar-refractivity contribution >= 4 is 16.9 Å². The summed E-state index contributed by atoms with van der Waals surface area (Å²) in [5, 5.41) is 11.7. The number of amides is 1. The molecule has 6 nitrogen and oxygen atoms in total. The molecule has 2 aromatic carbocycles. The molecule has 1 aliphatic carbocycles.